The van der Waals surface area contributed by atoms with E-state index in [-0.39, 0.29) is 36.5 Å². The number of nitrogens with zero attached hydrogens (tertiary/aromatic N) is 3. The van der Waals surface area contributed by atoms with Crippen LogP contribution in [-0.4, -0.2) is 92.6 Å². The maximum Gasteiger partial charge on any atom is 0.413 e. The van der Waals surface area contributed by atoms with Crippen molar-refractivity contribution in [3.63, 3.8) is 0 Å². The van der Waals surface area contributed by atoms with Gasteiger partial charge in [-0.15, -0.1) is 12.3 Å². The second-order valence-electron chi connectivity index (χ2n) is 18.4. The monoisotopic (exact) mass is 826 g/mol. The van der Waals surface area contributed by atoms with Crippen molar-refractivity contribution in [1.82, 2.24) is 20.1 Å². The Bertz CT molecular complexity index is 2010. The van der Waals surface area contributed by atoms with Gasteiger partial charge in [0.15, 0.2) is 5.54 Å². The molecule has 2 aliphatic rings. The summed E-state index contributed by atoms with van der Waals surface area (Å²) in [5, 5.41) is 2.75. The first-order valence-electron chi connectivity index (χ1n) is 19.7. The van der Waals surface area contributed by atoms with Crippen molar-refractivity contribution in [2.45, 2.75) is 149 Å². The zero-order valence-electron chi connectivity index (χ0n) is 37.0. The average molecular weight is 827 g/mol. The van der Waals surface area contributed by atoms with E-state index < -0.39 is 76.5 Å². The van der Waals surface area contributed by atoms with Crippen LogP contribution in [-0.2, 0) is 45.4 Å². The second-order valence-corrected chi connectivity index (χ2v) is 18.4. The third kappa shape index (κ3) is 11.9. The molecule has 1 aromatic carbocycles. The Kier molecular flexibility index (Phi) is 14.0. The van der Waals surface area contributed by atoms with Crippen LogP contribution in [0.25, 0.3) is 0 Å². The highest BCUT2D eigenvalue weighted by Crippen LogP contribution is 2.35. The van der Waals surface area contributed by atoms with Gasteiger partial charge in [0.05, 0.1) is 24.3 Å². The Morgan fingerprint density at radius 3 is 1.63 bits per heavy atom. The average Bonchev–Trinajstić information content (AvgIpc) is 3.59. The van der Waals surface area contributed by atoms with Crippen molar-refractivity contribution >= 4 is 24.2 Å². The maximum absolute atomic E-state index is 14.8. The SMILES string of the molecule is C#CC[C@](NC(=O)OC(C)(C)C)(C(=O)OCc1ccccc1)c1c(C#C[C@@H]2COC(C)(C)N2C(=O)OC(C)(C)C)cncc1C#C[C@@H]1COC(C)(C)N1C(=O)OC(C)(C)C. The van der Waals surface area contributed by atoms with Crippen LogP contribution in [0.3, 0.4) is 0 Å². The molecule has 0 spiro atoms. The zero-order valence-corrected chi connectivity index (χ0v) is 37.0. The van der Waals surface area contributed by atoms with Gasteiger partial charge in [0.2, 0.25) is 0 Å². The molecule has 2 saturated heterocycles. The lowest BCUT2D eigenvalue weighted by atomic mass is 9.81. The molecule has 0 unspecified atom stereocenters. The van der Waals surface area contributed by atoms with Gasteiger partial charge in [-0.05, 0) is 95.6 Å². The number of benzene rings is 1. The molecule has 60 heavy (non-hydrogen) atoms. The summed E-state index contributed by atoms with van der Waals surface area (Å²) in [5.41, 5.74) is -5.99. The summed E-state index contributed by atoms with van der Waals surface area (Å²) in [6.07, 6.45) is 6.11. The molecule has 322 valence electrons. The normalized spacial score (nSPS) is 19.3. The van der Waals surface area contributed by atoms with Crippen LogP contribution in [0.1, 0.15) is 119 Å². The van der Waals surface area contributed by atoms with Crippen LogP contribution in [0.4, 0.5) is 14.4 Å². The van der Waals surface area contributed by atoms with Crippen molar-refractivity contribution < 1.29 is 47.6 Å². The predicted molar refractivity (Wildman–Crippen MR) is 223 cm³/mol. The molecule has 3 heterocycles. The second kappa shape index (κ2) is 17.8. The van der Waals surface area contributed by atoms with Crippen molar-refractivity contribution in [3.05, 3.63) is 65.0 Å². The summed E-state index contributed by atoms with van der Waals surface area (Å²) in [7, 11) is 0. The van der Waals surface area contributed by atoms with E-state index in [4.69, 9.17) is 34.8 Å². The van der Waals surface area contributed by atoms with E-state index in [0.29, 0.717) is 5.56 Å². The fourth-order valence-electron chi connectivity index (χ4n) is 6.46. The molecular formula is C46H58N4O10. The molecule has 14 nitrogen and oxygen atoms in total. The lowest BCUT2D eigenvalue weighted by Crippen LogP contribution is -2.54. The Morgan fingerprint density at radius 1 is 0.767 bits per heavy atom. The van der Waals surface area contributed by atoms with E-state index in [0.717, 1.165) is 0 Å². The Morgan fingerprint density at radius 2 is 1.22 bits per heavy atom. The molecule has 0 radical (unpaired) electrons. The standard InChI is InChI=1S/C46H58N4O10/c1-15-25-46(48-38(52)58-41(2,3)4,37(51)55-28-31-19-17-16-18-20-31)36-32(21-23-34-29-56-44(11,12)49(34)39(53)59-42(5,6)7)26-47-27-33(36)22-24-35-30-57-45(13,14)50(35)40(54)60-43(8,9)10/h1,16-20,26-27,34-35H,25,28-30H2,2-14H3,(H,48,52)/t34-,35-,46-/m1/s1. The summed E-state index contributed by atoms with van der Waals surface area (Å²) in [4.78, 5) is 62.9. The van der Waals surface area contributed by atoms with Gasteiger partial charge < -0.3 is 33.7 Å². The fourth-order valence-corrected chi connectivity index (χ4v) is 6.46. The number of rotatable bonds is 6. The van der Waals surface area contributed by atoms with Gasteiger partial charge in [0, 0.05) is 24.4 Å². The molecule has 3 atom stereocenters. The molecule has 1 N–H and O–H groups in total. The van der Waals surface area contributed by atoms with E-state index >= 15 is 0 Å². The summed E-state index contributed by atoms with van der Waals surface area (Å²) in [6, 6.07) is 7.34. The molecule has 1 aromatic heterocycles. The van der Waals surface area contributed by atoms with Crippen molar-refractivity contribution in [2.75, 3.05) is 13.2 Å². The first kappa shape index (κ1) is 46.9. The number of carbonyl (C=O) groups excluding carboxylic acids is 4. The largest absolute Gasteiger partial charge is 0.459 e. The number of terminal acetylenes is 1. The van der Waals surface area contributed by atoms with Gasteiger partial charge >= 0.3 is 24.2 Å². The minimum absolute atomic E-state index is 0.0320. The fraction of sp³-hybridized carbons (Fsp3) is 0.543. The highest BCUT2D eigenvalue weighted by atomic mass is 16.6. The first-order chi connectivity index (χ1) is 27.7. The van der Waals surface area contributed by atoms with Gasteiger partial charge in [-0.2, -0.15) is 0 Å². The summed E-state index contributed by atoms with van der Waals surface area (Å²) in [5.74, 6) is 14.0. The lowest BCUT2D eigenvalue weighted by Gasteiger charge is -2.34. The predicted octanol–water partition coefficient (Wildman–Crippen LogP) is 7.02. The quantitative estimate of drug-likeness (QED) is 0.182. The van der Waals surface area contributed by atoms with Gasteiger partial charge in [0.25, 0.3) is 0 Å². The number of amides is 3. The molecule has 0 saturated carbocycles. The molecular weight excluding hydrogens is 769 g/mol. The number of esters is 1. The lowest BCUT2D eigenvalue weighted by molar-refractivity contribution is -0.153. The van der Waals surface area contributed by atoms with Crippen LogP contribution in [0.15, 0.2) is 42.7 Å². The molecule has 0 bridgehead atoms. The summed E-state index contributed by atoms with van der Waals surface area (Å²) < 4.78 is 35.0. The molecule has 0 aliphatic carbocycles. The number of ether oxygens (including phenoxy) is 6. The minimum atomic E-state index is -2.17. The van der Waals surface area contributed by atoms with E-state index in [1.165, 1.54) is 22.2 Å². The van der Waals surface area contributed by atoms with E-state index in [1.807, 2.05) is 6.07 Å². The third-order valence-electron chi connectivity index (χ3n) is 8.92. The minimum Gasteiger partial charge on any atom is -0.459 e. The number of nitrogens with one attached hydrogen (secondary N) is 1. The van der Waals surface area contributed by atoms with E-state index in [2.05, 4.69) is 39.9 Å². The number of hydrogen-bond acceptors (Lipinski definition) is 11. The van der Waals surface area contributed by atoms with Gasteiger partial charge in [-0.25, -0.2) is 19.2 Å². The van der Waals surface area contributed by atoms with Crippen molar-refractivity contribution in [3.8, 4) is 36.0 Å². The third-order valence-corrected chi connectivity index (χ3v) is 8.92. The first-order valence-corrected chi connectivity index (χ1v) is 19.7. The van der Waals surface area contributed by atoms with Gasteiger partial charge in [0.1, 0.15) is 46.9 Å². The Balaban J connectivity index is 1.99. The van der Waals surface area contributed by atoms with E-state index in [9.17, 15) is 19.2 Å². The summed E-state index contributed by atoms with van der Waals surface area (Å²) in [6.45, 7) is 22.3. The van der Waals surface area contributed by atoms with Crippen molar-refractivity contribution in [2.24, 2.45) is 0 Å². The molecule has 2 aromatic rings. The van der Waals surface area contributed by atoms with Crippen LogP contribution in [0.2, 0.25) is 0 Å². The van der Waals surface area contributed by atoms with Crippen LogP contribution in [0, 0.1) is 36.0 Å². The molecule has 4 rings (SSSR count). The maximum atomic E-state index is 14.8. The smallest absolute Gasteiger partial charge is 0.413 e. The highest BCUT2D eigenvalue weighted by Gasteiger charge is 2.49. The van der Waals surface area contributed by atoms with E-state index in [1.54, 1.807) is 114 Å². The Hall–Kier alpha value is -5.75. The topological polar surface area (TPSA) is 155 Å². The van der Waals surface area contributed by atoms with Gasteiger partial charge in [-0.3, -0.25) is 14.8 Å². The highest BCUT2D eigenvalue weighted by molar-refractivity contribution is 5.89. The number of aromatic nitrogens is 1. The molecule has 14 heteroatoms. The van der Waals surface area contributed by atoms with Crippen molar-refractivity contribution in [1.29, 1.82) is 0 Å². The number of carbonyl (C=O) groups is 4. The van der Waals surface area contributed by atoms with Crippen LogP contribution in [0.5, 0.6) is 0 Å². The molecule has 2 aliphatic heterocycles. The zero-order chi connectivity index (χ0) is 44.9. The molecule has 3 amide bonds. The summed E-state index contributed by atoms with van der Waals surface area (Å²) >= 11 is 0. The number of pyridine rings is 1. The number of hydrogen-bond donors (Lipinski definition) is 1. The Labute approximate surface area is 354 Å². The molecule has 2 fully saturated rings. The van der Waals surface area contributed by atoms with Gasteiger partial charge in [-0.1, -0.05) is 54.0 Å². The van der Waals surface area contributed by atoms with Crippen LogP contribution >= 0.6 is 0 Å². The number of alkyl carbamates (subject to hydrolysis) is 1. The van der Waals surface area contributed by atoms with Crippen LogP contribution < -0.4 is 5.32 Å².